The molecule has 1 aliphatic rings. The normalized spacial score (nSPS) is 15.0. The fourth-order valence-corrected chi connectivity index (χ4v) is 3.27. The quantitative estimate of drug-likeness (QED) is 0.677. The Morgan fingerprint density at radius 3 is 2.62 bits per heavy atom. The minimum atomic E-state index is -0.307. The third-order valence-corrected chi connectivity index (χ3v) is 4.85. The summed E-state index contributed by atoms with van der Waals surface area (Å²) in [4.78, 5) is 27.0. The summed E-state index contributed by atoms with van der Waals surface area (Å²) in [6.45, 7) is 4.29. The van der Waals surface area contributed by atoms with E-state index in [1.54, 1.807) is 24.3 Å². The molecular formula is C23H22N2O4. The van der Waals surface area contributed by atoms with Crippen molar-refractivity contribution >= 4 is 28.6 Å². The second-order valence-electron chi connectivity index (χ2n) is 6.92. The first-order valence-corrected chi connectivity index (χ1v) is 9.58. The number of ether oxygens (including phenoxy) is 1. The number of amides is 1. The van der Waals surface area contributed by atoms with E-state index in [4.69, 9.17) is 9.15 Å². The van der Waals surface area contributed by atoms with Gasteiger partial charge in [-0.2, -0.15) is 0 Å². The number of hydrogen-bond donors (Lipinski definition) is 1. The average molecular weight is 390 g/mol. The number of morpholine rings is 1. The molecule has 2 aromatic carbocycles. The van der Waals surface area contributed by atoms with Crippen LogP contribution in [-0.2, 0) is 16.1 Å². The third kappa shape index (κ3) is 4.80. The highest BCUT2D eigenvalue weighted by atomic mass is 16.5. The molecule has 1 fully saturated rings. The fraction of sp³-hybridized carbons (Fsp3) is 0.217. The molecule has 29 heavy (non-hydrogen) atoms. The zero-order chi connectivity index (χ0) is 20.1. The third-order valence-electron chi connectivity index (χ3n) is 4.85. The molecule has 2 heterocycles. The van der Waals surface area contributed by atoms with Crippen molar-refractivity contribution in [1.82, 2.24) is 4.90 Å². The monoisotopic (exact) mass is 390 g/mol. The fourth-order valence-electron chi connectivity index (χ4n) is 3.27. The minimum Gasteiger partial charge on any atom is -0.463 e. The minimum absolute atomic E-state index is 0.164. The van der Waals surface area contributed by atoms with E-state index in [1.807, 2.05) is 24.3 Å². The smallest absolute Gasteiger partial charge is 0.248 e. The van der Waals surface area contributed by atoms with Crippen molar-refractivity contribution in [2.75, 3.05) is 31.6 Å². The Morgan fingerprint density at radius 1 is 1.07 bits per heavy atom. The Labute approximate surface area is 168 Å². The zero-order valence-electron chi connectivity index (χ0n) is 16.0. The zero-order valence-corrected chi connectivity index (χ0v) is 16.0. The van der Waals surface area contributed by atoms with E-state index in [0.717, 1.165) is 32.8 Å². The van der Waals surface area contributed by atoms with Gasteiger partial charge in [0, 0.05) is 31.4 Å². The number of para-hydroxylation sites is 1. The van der Waals surface area contributed by atoms with E-state index < -0.39 is 0 Å². The number of fused-ring (bicyclic) bond motifs is 1. The Kier molecular flexibility index (Phi) is 5.84. The van der Waals surface area contributed by atoms with Crippen LogP contribution in [0.2, 0.25) is 0 Å². The van der Waals surface area contributed by atoms with Crippen molar-refractivity contribution in [3.63, 3.8) is 0 Å². The van der Waals surface area contributed by atoms with Gasteiger partial charge in [-0.25, -0.2) is 0 Å². The molecule has 1 aromatic heterocycles. The molecule has 0 saturated carbocycles. The summed E-state index contributed by atoms with van der Waals surface area (Å²) < 4.78 is 10.8. The number of hydrogen-bond acceptors (Lipinski definition) is 5. The summed E-state index contributed by atoms with van der Waals surface area (Å²) in [6.07, 6.45) is 4.18. The number of rotatable bonds is 5. The lowest BCUT2D eigenvalue weighted by Gasteiger charge is -2.26. The van der Waals surface area contributed by atoms with Crippen molar-refractivity contribution in [1.29, 1.82) is 0 Å². The molecule has 148 valence electrons. The van der Waals surface area contributed by atoms with Crippen LogP contribution in [0.5, 0.6) is 0 Å². The number of nitrogens with one attached hydrogen (secondary N) is 1. The van der Waals surface area contributed by atoms with Gasteiger partial charge in [-0.1, -0.05) is 24.3 Å². The first kappa shape index (κ1) is 19.1. The lowest BCUT2D eigenvalue weighted by molar-refractivity contribution is -0.111. The van der Waals surface area contributed by atoms with Crippen molar-refractivity contribution in [2.45, 2.75) is 6.54 Å². The highest BCUT2D eigenvalue weighted by Gasteiger charge is 2.10. The van der Waals surface area contributed by atoms with Gasteiger partial charge >= 0.3 is 0 Å². The van der Waals surface area contributed by atoms with Crippen LogP contribution in [0.25, 0.3) is 17.0 Å². The van der Waals surface area contributed by atoms with E-state index in [2.05, 4.69) is 10.2 Å². The predicted octanol–water partition coefficient (Wildman–Crippen LogP) is 3.28. The van der Waals surface area contributed by atoms with Gasteiger partial charge in [-0.3, -0.25) is 14.5 Å². The predicted molar refractivity (Wildman–Crippen MR) is 113 cm³/mol. The van der Waals surface area contributed by atoms with Crippen molar-refractivity contribution < 1.29 is 13.9 Å². The molecule has 0 bridgehead atoms. The number of nitrogens with zero attached hydrogens (tertiary/aromatic N) is 1. The van der Waals surface area contributed by atoms with Crippen LogP contribution in [0.4, 0.5) is 5.69 Å². The second-order valence-corrected chi connectivity index (χ2v) is 6.92. The summed E-state index contributed by atoms with van der Waals surface area (Å²) in [5, 5.41) is 3.30. The number of benzene rings is 2. The Balaban J connectivity index is 1.38. The summed E-state index contributed by atoms with van der Waals surface area (Å²) in [7, 11) is 0. The van der Waals surface area contributed by atoms with Crippen LogP contribution in [0, 0.1) is 0 Å². The van der Waals surface area contributed by atoms with E-state index >= 15 is 0 Å². The molecule has 0 spiro atoms. The molecule has 6 nitrogen and oxygen atoms in total. The van der Waals surface area contributed by atoms with Gasteiger partial charge in [-0.05, 0) is 35.9 Å². The standard InChI is InChI=1S/C23H22N2O4/c26-22(10-7-18-16-29-21-4-2-1-3-20(21)23(18)27)24-19-8-5-17(6-9-19)15-25-11-13-28-14-12-25/h1-10,16H,11-15H2,(H,24,26)/b10-7+. The Hall–Kier alpha value is -3.22. The average Bonchev–Trinajstić information content (AvgIpc) is 2.76. The van der Waals surface area contributed by atoms with Crippen LogP contribution in [0.1, 0.15) is 11.1 Å². The van der Waals surface area contributed by atoms with Crippen LogP contribution in [0.3, 0.4) is 0 Å². The summed E-state index contributed by atoms with van der Waals surface area (Å²) in [5.41, 5.74) is 2.59. The van der Waals surface area contributed by atoms with Gasteiger partial charge in [-0.15, -0.1) is 0 Å². The first-order valence-electron chi connectivity index (χ1n) is 9.58. The van der Waals surface area contributed by atoms with Crippen molar-refractivity contribution in [3.8, 4) is 0 Å². The molecule has 3 aromatic rings. The Morgan fingerprint density at radius 2 is 1.83 bits per heavy atom. The lowest BCUT2D eigenvalue weighted by Crippen LogP contribution is -2.35. The molecule has 1 N–H and O–H groups in total. The maximum atomic E-state index is 12.4. The van der Waals surface area contributed by atoms with Crippen LogP contribution in [0.15, 0.2) is 70.1 Å². The number of carbonyl (C=O) groups excluding carboxylic acids is 1. The second kappa shape index (κ2) is 8.86. The maximum absolute atomic E-state index is 12.4. The van der Waals surface area contributed by atoms with Gasteiger partial charge in [0.15, 0.2) is 5.43 Å². The van der Waals surface area contributed by atoms with Crippen LogP contribution in [-0.4, -0.2) is 37.1 Å². The summed E-state index contributed by atoms with van der Waals surface area (Å²) in [6, 6.07) is 14.8. The van der Waals surface area contributed by atoms with Gasteiger partial charge in [0.05, 0.1) is 24.2 Å². The van der Waals surface area contributed by atoms with Crippen LogP contribution < -0.4 is 10.7 Å². The first-order chi connectivity index (χ1) is 14.2. The lowest BCUT2D eigenvalue weighted by atomic mass is 10.1. The molecule has 4 rings (SSSR count). The molecule has 0 unspecified atom stereocenters. The van der Waals surface area contributed by atoms with Crippen molar-refractivity contribution in [3.05, 3.63) is 82.2 Å². The topological polar surface area (TPSA) is 71.8 Å². The maximum Gasteiger partial charge on any atom is 0.248 e. The van der Waals surface area contributed by atoms with Gasteiger partial charge < -0.3 is 14.5 Å². The SMILES string of the molecule is O=C(/C=C/c1coc2ccccc2c1=O)Nc1ccc(CN2CCOCC2)cc1. The molecule has 0 atom stereocenters. The van der Waals surface area contributed by atoms with E-state index in [0.29, 0.717) is 22.2 Å². The molecule has 1 amide bonds. The molecule has 1 saturated heterocycles. The van der Waals surface area contributed by atoms with Gasteiger partial charge in [0.1, 0.15) is 11.8 Å². The van der Waals surface area contributed by atoms with Crippen molar-refractivity contribution in [2.24, 2.45) is 0 Å². The van der Waals surface area contributed by atoms with E-state index in [-0.39, 0.29) is 11.3 Å². The van der Waals surface area contributed by atoms with Crippen LogP contribution >= 0.6 is 0 Å². The summed E-state index contributed by atoms with van der Waals surface area (Å²) >= 11 is 0. The molecule has 0 aliphatic carbocycles. The largest absolute Gasteiger partial charge is 0.463 e. The van der Waals surface area contributed by atoms with E-state index in [1.165, 1.54) is 24.0 Å². The highest BCUT2D eigenvalue weighted by Crippen LogP contribution is 2.14. The summed E-state index contributed by atoms with van der Waals surface area (Å²) in [5.74, 6) is -0.307. The van der Waals surface area contributed by atoms with E-state index in [9.17, 15) is 9.59 Å². The number of anilines is 1. The van der Waals surface area contributed by atoms with Gasteiger partial charge in [0.2, 0.25) is 5.91 Å². The number of carbonyl (C=O) groups is 1. The Bertz CT molecular complexity index is 1080. The highest BCUT2D eigenvalue weighted by molar-refractivity contribution is 6.02. The molecular weight excluding hydrogens is 368 g/mol. The molecule has 6 heteroatoms. The van der Waals surface area contributed by atoms with Gasteiger partial charge in [0.25, 0.3) is 0 Å². The molecule has 0 radical (unpaired) electrons. The molecule has 1 aliphatic heterocycles.